The molecular weight excluding hydrogens is 386 g/mol. The van der Waals surface area contributed by atoms with Gasteiger partial charge in [0.05, 0.1) is 0 Å². The second-order valence-corrected chi connectivity index (χ2v) is 7.63. The van der Waals surface area contributed by atoms with Gasteiger partial charge in [0.2, 0.25) is 5.91 Å². The maximum Gasteiger partial charge on any atom is 0.244 e. The van der Waals surface area contributed by atoms with Gasteiger partial charge in [0.25, 0.3) is 0 Å². The van der Waals surface area contributed by atoms with Gasteiger partial charge in [-0.2, -0.15) is 0 Å². The minimum atomic E-state index is -1.01. The van der Waals surface area contributed by atoms with Gasteiger partial charge < -0.3 is 15.5 Å². The molecule has 1 amide bonds. The Morgan fingerprint density at radius 3 is 2.45 bits per heavy atom. The number of allylic oxidation sites excluding steroid dienone is 11. The molecular formula is C27H37NO3. The number of hydrogen-bond acceptors (Lipinski definition) is 3. The van der Waals surface area contributed by atoms with Gasteiger partial charge in [-0.1, -0.05) is 103 Å². The second-order valence-electron chi connectivity index (χ2n) is 7.63. The molecule has 0 aliphatic carbocycles. The minimum absolute atomic E-state index is 0.0292. The molecule has 3 unspecified atom stereocenters. The third kappa shape index (κ3) is 13.3. The van der Waals surface area contributed by atoms with Crippen molar-refractivity contribution in [3.63, 3.8) is 0 Å². The van der Waals surface area contributed by atoms with Crippen LogP contribution in [0, 0.1) is 0 Å². The zero-order valence-electron chi connectivity index (χ0n) is 18.9. The first-order valence-corrected chi connectivity index (χ1v) is 11.0. The fraction of sp³-hybridized carbons (Fsp3) is 0.370. The minimum Gasteiger partial charge on any atom is -0.386 e. The number of aliphatic hydroxyl groups is 2. The van der Waals surface area contributed by atoms with Crippen molar-refractivity contribution < 1.29 is 15.0 Å². The Bertz CT molecular complexity index is 778. The maximum absolute atomic E-state index is 12.3. The van der Waals surface area contributed by atoms with E-state index in [1.54, 1.807) is 36.5 Å². The monoisotopic (exact) mass is 423 g/mol. The summed E-state index contributed by atoms with van der Waals surface area (Å²) in [4.78, 5) is 12.3. The molecule has 4 nitrogen and oxygen atoms in total. The molecule has 0 saturated heterocycles. The number of rotatable bonds is 4. The van der Waals surface area contributed by atoms with Crippen molar-refractivity contribution in [2.45, 2.75) is 64.7 Å². The number of nitrogens with one attached hydrogen (secondary N) is 1. The highest BCUT2D eigenvalue weighted by molar-refractivity contribution is 5.88. The predicted octanol–water partition coefficient (Wildman–Crippen LogP) is 5.02. The van der Waals surface area contributed by atoms with Crippen molar-refractivity contribution in [2.75, 3.05) is 0 Å². The van der Waals surface area contributed by atoms with Crippen molar-refractivity contribution in [1.29, 1.82) is 0 Å². The van der Waals surface area contributed by atoms with Crippen LogP contribution in [0.1, 0.15) is 46.5 Å². The van der Waals surface area contributed by atoms with E-state index < -0.39 is 12.2 Å². The highest BCUT2D eigenvalue weighted by Crippen LogP contribution is 2.06. The van der Waals surface area contributed by atoms with Gasteiger partial charge in [-0.3, -0.25) is 4.79 Å². The number of carbonyl (C=O) groups excluding carboxylic acids is 1. The van der Waals surface area contributed by atoms with Crippen LogP contribution in [0.2, 0.25) is 0 Å². The standard InChI is InChI=1S/C27H37NO3/c1-4-5-6-7-17-24-18-11-8-14-22(2)15-9-12-19-25(29)26(30)21-23(3)16-10-13-20-27(31)28-24/h6-16,19-21,24-26,29-30H,4-5,17-18H2,1-3H3,(H,28,31)/b7-6+,11-8+,15-9-,16-10-,19-12-,20-13-,22-14-,23-21+. The largest absolute Gasteiger partial charge is 0.386 e. The van der Waals surface area contributed by atoms with Crippen LogP contribution in [0.3, 0.4) is 0 Å². The van der Waals surface area contributed by atoms with Crippen LogP contribution in [0.5, 0.6) is 0 Å². The summed E-state index contributed by atoms with van der Waals surface area (Å²) < 4.78 is 0. The summed E-state index contributed by atoms with van der Waals surface area (Å²) in [6, 6.07) is 0.0292. The molecule has 1 rings (SSSR count). The Morgan fingerprint density at radius 1 is 0.968 bits per heavy atom. The van der Waals surface area contributed by atoms with Crippen molar-refractivity contribution in [1.82, 2.24) is 5.32 Å². The van der Waals surface area contributed by atoms with Crippen molar-refractivity contribution >= 4 is 5.91 Å². The molecule has 4 heteroatoms. The molecule has 1 aliphatic heterocycles. The van der Waals surface area contributed by atoms with Gasteiger partial charge in [-0.05, 0) is 33.1 Å². The highest BCUT2D eigenvalue weighted by atomic mass is 16.3. The molecule has 0 radical (unpaired) electrons. The average molecular weight is 424 g/mol. The molecule has 0 spiro atoms. The fourth-order valence-corrected chi connectivity index (χ4v) is 2.80. The summed E-state index contributed by atoms with van der Waals surface area (Å²) in [6.45, 7) is 5.96. The van der Waals surface area contributed by atoms with Crippen molar-refractivity contribution in [3.8, 4) is 0 Å². The van der Waals surface area contributed by atoms with E-state index in [4.69, 9.17) is 0 Å². The molecule has 31 heavy (non-hydrogen) atoms. The molecule has 1 aliphatic rings. The lowest BCUT2D eigenvalue weighted by atomic mass is 10.1. The molecule has 3 N–H and O–H groups in total. The lowest BCUT2D eigenvalue weighted by molar-refractivity contribution is -0.117. The van der Waals surface area contributed by atoms with Gasteiger partial charge in [-0.25, -0.2) is 0 Å². The molecule has 0 aromatic carbocycles. The molecule has 1 heterocycles. The van der Waals surface area contributed by atoms with Crippen LogP contribution in [0.25, 0.3) is 0 Å². The average Bonchev–Trinajstić information content (AvgIpc) is 2.73. The van der Waals surface area contributed by atoms with E-state index in [1.165, 1.54) is 6.08 Å². The van der Waals surface area contributed by atoms with E-state index in [0.717, 1.165) is 36.8 Å². The van der Waals surface area contributed by atoms with Crippen LogP contribution < -0.4 is 5.32 Å². The van der Waals surface area contributed by atoms with E-state index in [0.29, 0.717) is 0 Å². The SMILES string of the molecule is CCC/C=C/CC1C/C=C/C=C(C)\C=C/C=C\C(O)C(O)/C=C(C)/C=C\C=C/C(=O)N1. The van der Waals surface area contributed by atoms with Crippen molar-refractivity contribution in [2.24, 2.45) is 0 Å². The third-order valence-electron chi connectivity index (χ3n) is 4.58. The summed E-state index contributed by atoms with van der Waals surface area (Å²) in [5, 5.41) is 23.2. The van der Waals surface area contributed by atoms with E-state index in [-0.39, 0.29) is 11.9 Å². The zero-order chi connectivity index (χ0) is 22.9. The lowest BCUT2D eigenvalue weighted by Crippen LogP contribution is -2.32. The Kier molecular flexibility index (Phi) is 13.6. The Morgan fingerprint density at radius 2 is 1.68 bits per heavy atom. The molecule has 0 fully saturated rings. The van der Waals surface area contributed by atoms with E-state index in [1.807, 2.05) is 38.2 Å². The summed E-state index contributed by atoms with van der Waals surface area (Å²) in [5.41, 5.74) is 1.84. The van der Waals surface area contributed by atoms with Crippen molar-refractivity contribution in [3.05, 3.63) is 96.2 Å². The number of amides is 1. The fourth-order valence-electron chi connectivity index (χ4n) is 2.80. The third-order valence-corrected chi connectivity index (χ3v) is 4.58. The second kappa shape index (κ2) is 16.1. The maximum atomic E-state index is 12.3. The molecule has 0 saturated carbocycles. The van der Waals surface area contributed by atoms with Gasteiger partial charge in [0, 0.05) is 12.1 Å². The van der Waals surface area contributed by atoms with Gasteiger partial charge in [0.1, 0.15) is 12.2 Å². The van der Waals surface area contributed by atoms with Crippen LogP contribution in [-0.2, 0) is 4.79 Å². The number of unbranched alkanes of at least 4 members (excludes halogenated alkanes) is 1. The molecule has 0 aromatic rings. The van der Waals surface area contributed by atoms with Crippen LogP contribution >= 0.6 is 0 Å². The van der Waals surface area contributed by atoms with Gasteiger partial charge in [-0.15, -0.1) is 0 Å². The van der Waals surface area contributed by atoms with Crippen LogP contribution in [-0.4, -0.2) is 34.4 Å². The van der Waals surface area contributed by atoms with E-state index in [2.05, 4.69) is 30.5 Å². The van der Waals surface area contributed by atoms with E-state index in [9.17, 15) is 15.0 Å². The summed E-state index contributed by atoms with van der Waals surface area (Å²) in [6.07, 6.45) is 27.3. The Labute approximate surface area is 187 Å². The van der Waals surface area contributed by atoms with Gasteiger partial charge >= 0.3 is 0 Å². The molecule has 0 bridgehead atoms. The number of aliphatic hydroxyl groups excluding tert-OH is 2. The number of hydrogen-bond donors (Lipinski definition) is 3. The normalized spacial score (nSPS) is 32.7. The van der Waals surface area contributed by atoms with Gasteiger partial charge in [0.15, 0.2) is 0 Å². The quantitative estimate of drug-likeness (QED) is 0.556. The van der Waals surface area contributed by atoms with Crippen LogP contribution in [0.4, 0.5) is 0 Å². The first-order chi connectivity index (χ1) is 14.9. The Balaban J connectivity index is 3.01. The Hall–Kier alpha value is -2.69. The zero-order valence-corrected chi connectivity index (χ0v) is 18.9. The summed E-state index contributed by atoms with van der Waals surface area (Å²) in [5.74, 6) is -0.141. The highest BCUT2D eigenvalue weighted by Gasteiger charge is 2.09. The smallest absolute Gasteiger partial charge is 0.244 e. The summed E-state index contributed by atoms with van der Waals surface area (Å²) >= 11 is 0. The molecule has 3 atom stereocenters. The molecule has 0 aromatic heterocycles. The topological polar surface area (TPSA) is 69.6 Å². The van der Waals surface area contributed by atoms with Crippen LogP contribution in [0.15, 0.2) is 96.2 Å². The molecule has 168 valence electrons. The predicted molar refractivity (Wildman–Crippen MR) is 130 cm³/mol. The summed E-state index contributed by atoms with van der Waals surface area (Å²) in [7, 11) is 0. The lowest BCUT2D eigenvalue weighted by Gasteiger charge is -2.14. The number of carbonyl (C=O) groups is 1. The first kappa shape index (κ1) is 26.3. The first-order valence-electron chi connectivity index (χ1n) is 11.0. The van der Waals surface area contributed by atoms with E-state index >= 15 is 0 Å².